The van der Waals surface area contributed by atoms with Gasteiger partial charge in [-0.15, -0.1) is 11.3 Å². The molecule has 0 aliphatic heterocycles. The van der Waals surface area contributed by atoms with Crippen molar-refractivity contribution < 1.29 is 14.6 Å². The molecule has 5 rings (SSSR count). The summed E-state index contributed by atoms with van der Waals surface area (Å²) in [6, 6.07) is 8.02. The predicted molar refractivity (Wildman–Crippen MR) is 152 cm³/mol. The highest BCUT2D eigenvalue weighted by Crippen LogP contribution is 2.31. The summed E-state index contributed by atoms with van der Waals surface area (Å²) < 4.78 is 11.6. The standard InChI is InChI=1S/C25H30N8O4SSi/c1-31-21-18(13-26-33(24(21)34)14-17-6-5-7-19(27-17)28-25(35)36)22-23(31)29-20(38-22)12-16-8-9-32(30-16)15-37-10-11-39(2,3)4/h5-9,13H,10-12,14-15H2,1-4H3,(H,27,28)(H,35,36). The summed E-state index contributed by atoms with van der Waals surface area (Å²) in [5.74, 6) is 0.185. The number of hydrogen-bond acceptors (Lipinski definition) is 8. The average molecular weight is 567 g/mol. The molecule has 0 aliphatic carbocycles. The van der Waals surface area contributed by atoms with Gasteiger partial charge < -0.3 is 14.4 Å². The molecule has 204 valence electrons. The third-order valence-electron chi connectivity index (χ3n) is 6.17. The number of carbonyl (C=O) groups is 1. The molecule has 0 spiro atoms. The first kappa shape index (κ1) is 26.7. The van der Waals surface area contributed by atoms with Crippen molar-refractivity contribution in [3.63, 3.8) is 0 Å². The molecular weight excluding hydrogens is 536 g/mol. The van der Waals surface area contributed by atoms with Gasteiger partial charge in [0.2, 0.25) is 0 Å². The molecule has 0 saturated heterocycles. The summed E-state index contributed by atoms with van der Waals surface area (Å²) in [6.07, 6.45) is 2.97. The average Bonchev–Trinajstić information content (AvgIpc) is 3.54. The maximum Gasteiger partial charge on any atom is 0.410 e. The van der Waals surface area contributed by atoms with E-state index in [0.29, 0.717) is 24.4 Å². The maximum absolute atomic E-state index is 13.3. The van der Waals surface area contributed by atoms with Crippen molar-refractivity contribution in [1.29, 1.82) is 0 Å². The van der Waals surface area contributed by atoms with Crippen molar-refractivity contribution in [2.24, 2.45) is 7.05 Å². The number of aryl methyl sites for hydroxylation is 1. The number of ether oxygens (including phenoxy) is 1. The number of aromatic nitrogens is 7. The van der Waals surface area contributed by atoms with Gasteiger partial charge in [-0.05, 0) is 24.2 Å². The molecule has 5 aromatic rings. The molecule has 0 aliphatic rings. The van der Waals surface area contributed by atoms with E-state index in [4.69, 9.17) is 14.8 Å². The molecule has 2 N–H and O–H groups in total. The predicted octanol–water partition coefficient (Wildman–Crippen LogP) is 3.98. The fraction of sp³-hybridized carbons (Fsp3) is 0.360. The third-order valence-corrected chi connectivity index (χ3v) is 8.95. The van der Waals surface area contributed by atoms with E-state index in [2.05, 4.69) is 40.1 Å². The quantitative estimate of drug-likeness (QED) is 0.191. The second kappa shape index (κ2) is 10.7. The highest BCUT2D eigenvalue weighted by Gasteiger charge is 2.19. The fourth-order valence-electron chi connectivity index (χ4n) is 4.18. The van der Waals surface area contributed by atoms with E-state index in [0.717, 1.165) is 39.1 Å². The number of amides is 1. The number of nitrogens with zero attached hydrogens (tertiary/aromatic N) is 7. The van der Waals surface area contributed by atoms with E-state index in [9.17, 15) is 9.59 Å². The van der Waals surface area contributed by atoms with Gasteiger partial charge >= 0.3 is 6.09 Å². The lowest BCUT2D eigenvalue weighted by molar-refractivity contribution is 0.0783. The number of nitrogens with one attached hydrogen (secondary N) is 1. The Morgan fingerprint density at radius 3 is 2.77 bits per heavy atom. The van der Waals surface area contributed by atoms with Crippen LogP contribution in [0.3, 0.4) is 0 Å². The van der Waals surface area contributed by atoms with Crippen LogP contribution in [0.15, 0.2) is 41.5 Å². The molecule has 0 saturated carbocycles. The summed E-state index contributed by atoms with van der Waals surface area (Å²) in [4.78, 5) is 33.3. The van der Waals surface area contributed by atoms with Gasteiger partial charge in [-0.3, -0.25) is 10.1 Å². The molecule has 0 bridgehead atoms. The summed E-state index contributed by atoms with van der Waals surface area (Å²) in [6.45, 7) is 8.27. The van der Waals surface area contributed by atoms with Gasteiger partial charge in [0.15, 0.2) is 5.65 Å². The summed E-state index contributed by atoms with van der Waals surface area (Å²) in [5.41, 5.74) is 2.37. The van der Waals surface area contributed by atoms with E-state index < -0.39 is 14.2 Å². The van der Waals surface area contributed by atoms with Gasteiger partial charge in [0.1, 0.15) is 23.1 Å². The van der Waals surface area contributed by atoms with Crippen LogP contribution in [0.5, 0.6) is 0 Å². The number of thiazole rings is 1. The molecular formula is C25H30N8O4SSi. The van der Waals surface area contributed by atoms with Crippen LogP contribution in [0.4, 0.5) is 10.6 Å². The topological polar surface area (TPSA) is 142 Å². The van der Waals surface area contributed by atoms with Gasteiger partial charge in [-0.25, -0.2) is 24.1 Å². The molecule has 0 atom stereocenters. The Balaban J connectivity index is 1.32. The van der Waals surface area contributed by atoms with Crippen LogP contribution in [0.25, 0.3) is 21.3 Å². The second-order valence-corrected chi connectivity index (χ2v) is 17.2. The molecule has 14 heteroatoms. The molecule has 0 radical (unpaired) electrons. The lowest BCUT2D eigenvalue weighted by Gasteiger charge is -2.15. The number of hydrogen-bond donors (Lipinski definition) is 2. The van der Waals surface area contributed by atoms with Crippen LogP contribution in [-0.4, -0.2) is 60.0 Å². The third kappa shape index (κ3) is 6.07. The fourth-order valence-corrected chi connectivity index (χ4v) is 6.06. The minimum Gasteiger partial charge on any atom is -0.465 e. The van der Waals surface area contributed by atoms with Crippen molar-refractivity contribution in [3.8, 4) is 0 Å². The van der Waals surface area contributed by atoms with Gasteiger partial charge in [0.05, 0.1) is 28.8 Å². The van der Waals surface area contributed by atoms with Crippen LogP contribution in [0.2, 0.25) is 25.7 Å². The van der Waals surface area contributed by atoms with E-state index in [-0.39, 0.29) is 17.9 Å². The monoisotopic (exact) mass is 566 g/mol. The van der Waals surface area contributed by atoms with E-state index in [1.54, 1.807) is 33.6 Å². The van der Waals surface area contributed by atoms with E-state index in [1.165, 1.54) is 16.0 Å². The highest BCUT2D eigenvalue weighted by atomic mass is 32.1. The molecule has 39 heavy (non-hydrogen) atoms. The molecule has 1 amide bonds. The lowest BCUT2D eigenvalue weighted by atomic mass is 10.3. The second-order valence-electron chi connectivity index (χ2n) is 10.5. The first-order valence-electron chi connectivity index (χ1n) is 12.5. The molecule has 5 aromatic heterocycles. The van der Waals surface area contributed by atoms with E-state index in [1.807, 2.05) is 19.3 Å². The van der Waals surface area contributed by atoms with Crippen molar-refractivity contribution in [2.75, 3.05) is 11.9 Å². The van der Waals surface area contributed by atoms with Crippen LogP contribution < -0.4 is 10.9 Å². The summed E-state index contributed by atoms with van der Waals surface area (Å²) >= 11 is 1.53. The van der Waals surface area contributed by atoms with Gasteiger partial charge in [-0.1, -0.05) is 25.7 Å². The van der Waals surface area contributed by atoms with Crippen LogP contribution in [0.1, 0.15) is 16.4 Å². The Morgan fingerprint density at radius 1 is 1.18 bits per heavy atom. The zero-order valence-corrected chi connectivity index (χ0v) is 24.0. The van der Waals surface area contributed by atoms with Crippen LogP contribution in [0, 0.1) is 0 Å². The number of rotatable bonds is 10. The molecule has 0 aromatic carbocycles. The number of fused-ring (bicyclic) bond motifs is 3. The number of anilines is 1. The molecule has 0 fully saturated rings. The Morgan fingerprint density at radius 2 is 2.00 bits per heavy atom. The molecule has 5 heterocycles. The zero-order valence-electron chi connectivity index (χ0n) is 22.2. The minimum absolute atomic E-state index is 0.103. The Bertz CT molecular complexity index is 1710. The smallest absolute Gasteiger partial charge is 0.410 e. The normalized spacial score (nSPS) is 12.0. The Labute approximate surface area is 228 Å². The maximum atomic E-state index is 13.3. The first-order valence-corrected chi connectivity index (χ1v) is 17.0. The van der Waals surface area contributed by atoms with Gasteiger partial charge in [-0.2, -0.15) is 10.2 Å². The first-order chi connectivity index (χ1) is 18.6. The lowest BCUT2D eigenvalue weighted by Crippen LogP contribution is -2.25. The van der Waals surface area contributed by atoms with Crippen molar-refractivity contribution in [3.05, 3.63) is 63.4 Å². The van der Waals surface area contributed by atoms with Crippen molar-refractivity contribution in [2.45, 2.75) is 45.4 Å². The Kier molecular flexibility index (Phi) is 7.33. The summed E-state index contributed by atoms with van der Waals surface area (Å²) in [7, 11) is 0.703. The number of carboxylic acid groups (broad SMARTS) is 1. The van der Waals surface area contributed by atoms with E-state index >= 15 is 0 Å². The highest BCUT2D eigenvalue weighted by molar-refractivity contribution is 7.19. The SMILES string of the molecule is Cn1c2nc(Cc3ccn(COCC[Si](C)(C)C)n3)sc2c2cnn(Cc3cccc(NC(=O)O)n3)c(=O)c21. The summed E-state index contributed by atoms with van der Waals surface area (Å²) in [5, 5.41) is 21.8. The van der Waals surface area contributed by atoms with Crippen LogP contribution in [-0.2, 0) is 31.5 Å². The number of pyridine rings is 1. The molecule has 0 unspecified atom stereocenters. The van der Waals surface area contributed by atoms with Crippen molar-refractivity contribution >= 4 is 52.6 Å². The van der Waals surface area contributed by atoms with Crippen LogP contribution >= 0.6 is 11.3 Å². The van der Waals surface area contributed by atoms with Crippen molar-refractivity contribution in [1.82, 2.24) is 34.1 Å². The van der Waals surface area contributed by atoms with Gasteiger partial charge in [0, 0.05) is 39.7 Å². The largest absolute Gasteiger partial charge is 0.465 e. The zero-order chi connectivity index (χ0) is 27.7. The minimum atomic E-state index is -1.21. The molecule has 12 nitrogen and oxygen atoms in total. The van der Waals surface area contributed by atoms with Gasteiger partial charge in [0.25, 0.3) is 5.56 Å². The Hall–Kier alpha value is -3.88.